The Morgan fingerprint density at radius 1 is 0.867 bits per heavy atom. The Balaban J connectivity index is 0.00000372. The second kappa shape index (κ2) is 12.1. The smallest absolute Gasteiger partial charge is 0.509 e. The molecule has 0 spiro atoms. The maximum absolute atomic E-state index is 8.26. The van der Waals surface area contributed by atoms with Crippen LogP contribution in [0, 0.1) is 26.0 Å². The van der Waals surface area contributed by atoms with Gasteiger partial charge in [0.05, 0.1) is 7.06 Å². The molecule has 0 radical (unpaired) electrons. The molecule has 0 saturated heterocycles. The minimum absolute atomic E-state index is 0. The summed E-state index contributed by atoms with van der Waals surface area (Å²) in [6.07, 6.45) is 2.71. The van der Waals surface area contributed by atoms with E-state index in [1.165, 1.54) is 5.56 Å². The van der Waals surface area contributed by atoms with Gasteiger partial charge in [-0.2, -0.15) is 17.2 Å². The Bertz CT molecular complexity index is 2200. The Labute approximate surface area is 280 Å². The fraction of sp³-hybridized carbons (Fsp3) is 0.179. The van der Waals surface area contributed by atoms with E-state index in [1.54, 1.807) is 18.3 Å². The van der Waals surface area contributed by atoms with Crippen molar-refractivity contribution < 1.29 is 27.2 Å². The number of benzene rings is 4. The number of ether oxygens (including phenoxy) is 1. The van der Waals surface area contributed by atoms with Crippen molar-refractivity contribution in [3.8, 4) is 34.1 Å². The molecule has 6 heteroatoms. The summed E-state index contributed by atoms with van der Waals surface area (Å²) >= 11 is 0. The van der Waals surface area contributed by atoms with Crippen molar-refractivity contribution >= 4 is 21.8 Å². The Hall–Kier alpha value is -4.47. The first kappa shape index (κ1) is 29.3. The predicted molar refractivity (Wildman–Crippen MR) is 178 cm³/mol. The Kier molecular flexibility index (Phi) is 7.89. The van der Waals surface area contributed by atoms with Crippen molar-refractivity contribution in [1.29, 1.82) is 0 Å². The van der Waals surface area contributed by atoms with Gasteiger partial charge in [-0.05, 0) is 66.1 Å². The van der Waals surface area contributed by atoms with Gasteiger partial charge >= 0.3 is 21.1 Å². The number of nitrogens with zero attached hydrogens (tertiary/aromatic N) is 4. The quantitative estimate of drug-likeness (QED) is 0.152. The van der Waals surface area contributed by atoms with Gasteiger partial charge in [-0.1, -0.05) is 74.8 Å². The van der Waals surface area contributed by atoms with E-state index in [0.29, 0.717) is 23.4 Å². The fourth-order valence-electron chi connectivity index (χ4n) is 5.92. The molecule has 0 fully saturated rings. The molecule has 0 amide bonds. The summed E-state index contributed by atoms with van der Waals surface area (Å²) < 4.78 is 18.6. The molecular weight excluding hydrogens is 736 g/mol. The zero-order valence-electron chi connectivity index (χ0n) is 27.0. The van der Waals surface area contributed by atoms with Gasteiger partial charge in [0, 0.05) is 34.5 Å². The van der Waals surface area contributed by atoms with Gasteiger partial charge in [0.2, 0.25) is 0 Å². The molecular formula is C39H34N4OPt. The van der Waals surface area contributed by atoms with Crippen LogP contribution in [0.4, 0.5) is 0 Å². The summed E-state index contributed by atoms with van der Waals surface area (Å²) in [5.41, 5.74) is 8.24. The van der Waals surface area contributed by atoms with Crippen LogP contribution in [0.15, 0.2) is 103 Å². The summed E-state index contributed by atoms with van der Waals surface area (Å²) in [5, 5.41) is 7.02. The number of hydrogen-bond acceptors (Lipinski definition) is 3. The van der Waals surface area contributed by atoms with Crippen LogP contribution in [-0.2, 0) is 26.5 Å². The van der Waals surface area contributed by atoms with Crippen LogP contribution in [0.5, 0.6) is 11.5 Å². The van der Waals surface area contributed by atoms with Crippen LogP contribution in [0.2, 0.25) is 0 Å². The minimum Gasteiger partial charge on any atom is -0.509 e. The largest absolute Gasteiger partial charge is 2.00 e. The number of aromatic nitrogens is 4. The van der Waals surface area contributed by atoms with Gasteiger partial charge in [-0.15, -0.1) is 35.7 Å². The average molecular weight is 771 g/mol. The van der Waals surface area contributed by atoms with Gasteiger partial charge in [0.15, 0.2) is 0 Å². The third-order valence-corrected chi connectivity index (χ3v) is 8.69. The van der Waals surface area contributed by atoms with Crippen molar-refractivity contribution in [2.24, 2.45) is 0 Å². The minimum atomic E-state index is 0. The van der Waals surface area contributed by atoms with E-state index in [-0.39, 0.29) is 26.5 Å². The SMILES string of the molecule is [2H]c1ccnc(-n2c3[c-]c(Oc4[c-]c(-n5nc(C)c(-c6ccccc6)c5C)ccc4)ccc3c3cc(C(C)(C)CC)ccc32)c1.[Pt+2]. The number of rotatable bonds is 7. The molecule has 3 heterocycles. The molecule has 226 valence electrons. The summed E-state index contributed by atoms with van der Waals surface area (Å²) in [6.45, 7) is 10.9. The molecule has 7 rings (SSSR count). The van der Waals surface area contributed by atoms with Gasteiger partial charge < -0.3 is 9.30 Å². The molecule has 0 aliphatic heterocycles. The first-order valence-electron chi connectivity index (χ1n) is 15.5. The second-order valence-corrected chi connectivity index (χ2v) is 11.8. The number of pyridine rings is 1. The monoisotopic (exact) mass is 770 g/mol. The predicted octanol–water partition coefficient (Wildman–Crippen LogP) is 9.73. The summed E-state index contributed by atoms with van der Waals surface area (Å²) in [6, 6.07) is 37.7. The molecule has 4 aromatic carbocycles. The van der Waals surface area contributed by atoms with Gasteiger partial charge in [-0.3, -0.25) is 4.68 Å². The molecule has 45 heavy (non-hydrogen) atoms. The molecule has 3 aromatic heterocycles. The van der Waals surface area contributed by atoms with E-state index in [1.807, 2.05) is 54.1 Å². The van der Waals surface area contributed by atoms with Gasteiger partial charge in [0.1, 0.15) is 5.82 Å². The molecule has 0 saturated carbocycles. The first-order chi connectivity index (χ1) is 21.7. The molecule has 0 aliphatic rings. The van der Waals surface area contributed by atoms with E-state index in [4.69, 9.17) is 11.2 Å². The standard InChI is InChI=1S/C39H34N4O.Pt/c1-6-39(4,5)29-18-21-35-34(23-29)33-20-19-32(25-36(33)42(35)37-17-10-11-22-40-37)44-31-16-12-15-30(24-31)43-27(3)38(26(2)41-43)28-13-8-7-9-14-28;/h7-23H,6H2,1-5H3;/q-2;+2/i10D;. The van der Waals surface area contributed by atoms with Crippen LogP contribution in [0.1, 0.15) is 45.5 Å². The number of fused-ring (bicyclic) bond motifs is 3. The van der Waals surface area contributed by atoms with Crippen LogP contribution in [-0.4, -0.2) is 19.3 Å². The second-order valence-electron chi connectivity index (χ2n) is 11.8. The Morgan fingerprint density at radius 2 is 1.67 bits per heavy atom. The van der Waals surface area contributed by atoms with Crippen molar-refractivity contribution in [2.75, 3.05) is 0 Å². The van der Waals surface area contributed by atoms with E-state index in [9.17, 15) is 0 Å². The van der Waals surface area contributed by atoms with Crippen molar-refractivity contribution in [1.82, 2.24) is 19.3 Å². The molecule has 5 nitrogen and oxygen atoms in total. The van der Waals surface area contributed by atoms with Crippen molar-refractivity contribution in [3.05, 3.63) is 132 Å². The van der Waals surface area contributed by atoms with Gasteiger partial charge in [-0.25, -0.2) is 4.98 Å². The zero-order valence-corrected chi connectivity index (χ0v) is 28.2. The third-order valence-electron chi connectivity index (χ3n) is 8.69. The molecule has 0 atom stereocenters. The molecule has 7 aromatic rings. The van der Waals surface area contributed by atoms with Crippen LogP contribution in [0.3, 0.4) is 0 Å². The van der Waals surface area contributed by atoms with Crippen molar-refractivity contribution in [3.63, 3.8) is 0 Å². The summed E-state index contributed by atoms with van der Waals surface area (Å²) in [5.74, 6) is 1.80. The van der Waals surface area contributed by atoms with Gasteiger partial charge in [0.25, 0.3) is 0 Å². The Morgan fingerprint density at radius 3 is 2.44 bits per heavy atom. The normalized spacial score (nSPS) is 11.9. The summed E-state index contributed by atoms with van der Waals surface area (Å²) in [4.78, 5) is 4.63. The topological polar surface area (TPSA) is 44.9 Å². The average Bonchev–Trinajstić information content (AvgIpc) is 3.53. The molecule has 0 unspecified atom stereocenters. The maximum atomic E-state index is 8.26. The van der Waals surface area contributed by atoms with Crippen LogP contribution in [0.25, 0.3) is 44.4 Å². The van der Waals surface area contributed by atoms with E-state index >= 15 is 0 Å². The van der Waals surface area contributed by atoms with Crippen molar-refractivity contribution in [2.45, 2.75) is 46.5 Å². The maximum Gasteiger partial charge on any atom is 2.00 e. The summed E-state index contributed by atoms with van der Waals surface area (Å²) in [7, 11) is 0. The van der Waals surface area contributed by atoms with E-state index < -0.39 is 0 Å². The van der Waals surface area contributed by atoms with Crippen LogP contribution >= 0.6 is 0 Å². The molecule has 0 aliphatic carbocycles. The molecule has 0 bridgehead atoms. The van der Waals surface area contributed by atoms with E-state index in [2.05, 4.69) is 85.8 Å². The third kappa shape index (κ3) is 5.51. The molecule has 0 N–H and O–H groups in total. The first-order valence-corrected chi connectivity index (χ1v) is 15.0. The number of aryl methyl sites for hydroxylation is 1. The van der Waals surface area contributed by atoms with E-state index in [0.717, 1.165) is 56.4 Å². The zero-order chi connectivity index (χ0) is 31.3. The van der Waals surface area contributed by atoms with Crippen LogP contribution < -0.4 is 4.74 Å². The fourth-order valence-corrected chi connectivity index (χ4v) is 5.92. The number of hydrogen-bond donors (Lipinski definition) is 0.